The maximum Gasteiger partial charge on any atom is 0.321 e. The third-order valence-electron chi connectivity index (χ3n) is 3.71. The van der Waals surface area contributed by atoms with Crippen LogP contribution in [0.1, 0.15) is 30.0 Å². The molecular weight excluding hydrogens is 306 g/mol. The normalized spacial score (nSPS) is 13.1. The molecule has 24 heavy (non-hydrogen) atoms. The summed E-state index contributed by atoms with van der Waals surface area (Å²) in [6.45, 7) is 4.68. The van der Waals surface area contributed by atoms with Crippen molar-refractivity contribution >= 4 is 11.9 Å². The molecule has 1 aromatic heterocycles. The number of quaternary nitrogens is 1. The fraction of sp³-hybridized carbons (Fsp3) is 0.333. The van der Waals surface area contributed by atoms with Crippen LogP contribution in [0.2, 0.25) is 0 Å². The summed E-state index contributed by atoms with van der Waals surface area (Å²) in [5, 5.41) is 4.99. The molecule has 2 aromatic rings. The van der Waals surface area contributed by atoms with Gasteiger partial charge in [0.2, 0.25) is 0 Å². The number of carbonyl (C=O) groups is 2. The van der Waals surface area contributed by atoms with Crippen LogP contribution in [0.5, 0.6) is 0 Å². The number of furan rings is 1. The van der Waals surface area contributed by atoms with Gasteiger partial charge in [-0.25, -0.2) is 4.79 Å². The molecule has 0 radical (unpaired) electrons. The van der Waals surface area contributed by atoms with Crippen LogP contribution in [-0.4, -0.2) is 25.5 Å². The predicted molar refractivity (Wildman–Crippen MR) is 90.4 cm³/mol. The number of urea groups is 1. The van der Waals surface area contributed by atoms with E-state index in [0.29, 0.717) is 13.1 Å². The van der Waals surface area contributed by atoms with E-state index in [0.717, 1.165) is 22.0 Å². The monoisotopic (exact) mass is 330 g/mol. The first-order valence-corrected chi connectivity index (χ1v) is 8.02. The van der Waals surface area contributed by atoms with Crippen LogP contribution < -0.4 is 15.5 Å². The summed E-state index contributed by atoms with van der Waals surface area (Å²) in [4.78, 5) is 25.3. The van der Waals surface area contributed by atoms with Crippen LogP contribution in [-0.2, 0) is 11.3 Å². The highest BCUT2D eigenvalue weighted by molar-refractivity contribution is 5.96. The highest BCUT2D eigenvalue weighted by atomic mass is 16.3. The molecule has 3 amide bonds. The summed E-state index contributed by atoms with van der Waals surface area (Å²) in [6, 6.07) is 12.2. The summed E-state index contributed by atoms with van der Waals surface area (Å²) in [5.74, 6) is 1.30. The van der Waals surface area contributed by atoms with Crippen molar-refractivity contribution in [3.05, 3.63) is 59.5 Å². The van der Waals surface area contributed by atoms with Crippen molar-refractivity contribution in [3.8, 4) is 0 Å². The van der Waals surface area contributed by atoms with Crippen LogP contribution in [0, 0.1) is 6.92 Å². The van der Waals surface area contributed by atoms with Gasteiger partial charge in [-0.3, -0.25) is 10.1 Å². The summed E-state index contributed by atoms with van der Waals surface area (Å²) >= 11 is 0. The molecule has 1 aromatic carbocycles. The van der Waals surface area contributed by atoms with Gasteiger partial charge < -0.3 is 14.6 Å². The average Bonchev–Trinajstić information content (AvgIpc) is 2.93. The molecule has 0 fully saturated rings. The molecule has 1 unspecified atom stereocenters. The number of rotatable bonds is 6. The topological polar surface area (TPSA) is 75.8 Å². The standard InChI is InChI=1S/C18H23N3O3/c1-4-19-18(23)20-17(22)16(14-8-6-5-7-9-14)21(3)12-15-11-10-13(2)24-15/h5-11,16H,4,12H2,1-3H3,(H2,19,20,22,23)/p+1/t16-/m1/s1. The predicted octanol–water partition coefficient (Wildman–Crippen LogP) is 1.19. The Morgan fingerprint density at radius 2 is 1.88 bits per heavy atom. The number of hydrogen-bond acceptors (Lipinski definition) is 3. The van der Waals surface area contributed by atoms with E-state index in [1.54, 1.807) is 6.92 Å². The lowest BCUT2D eigenvalue weighted by Crippen LogP contribution is -3.09. The largest absolute Gasteiger partial charge is 0.460 e. The van der Waals surface area contributed by atoms with E-state index in [1.807, 2.05) is 56.4 Å². The Kier molecular flexibility index (Phi) is 6.14. The molecule has 2 rings (SSSR count). The Hall–Kier alpha value is -2.60. The second-order valence-electron chi connectivity index (χ2n) is 5.73. The van der Waals surface area contributed by atoms with Crippen molar-refractivity contribution < 1.29 is 18.9 Å². The van der Waals surface area contributed by atoms with Crippen molar-refractivity contribution in [1.82, 2.24) is 10.6 Å². The number of benzene rings is 1. The number of hydrogen-bond donors (Lipinski definition) is 3. The molecule has 0 saturated heterocycles. The molecule has 128 valence electrons. The zero-order valence-electron chi connectivity index (χ0n) is 14.3. The van der Waals surface area contributed by atoms with Crippen LogP contribution in [0.3, 0.4) is 0 Å². The van der Waals surface area contributed by atoms with E-state index in [9.17, 15) is 9.59 Å². The van der Waals surface area contributed by atoms with Crippen molar-refractivity contribution in [2.75, 3.05) is 13.6 Å². The number of imide groups is 1. The minimum atomic E-state index is -0.515. The van der Waals surface area contributed by atoms with Gasteiger partial charge in [0.05, 0.1) is 7.05 Å². The third-order valence-corrected chi connectivity index (χ3v) is 3.71. The number of nitrogens with one attached hydrogen (secondary N) is 3. The highest BCUT2D eigenvalue weighted by Crippen LogP contribution is 2.11. The summed E-state index contributed by atoms with van der Waals surface area (Å²) in [5.41, 5.74) is 0.847. The lowest BCUT2D eigenvalue weighted by atomic mass is 10.0. The highest BCUT2D eigenvalue weighted by Gasteiger charge is 2.30. The smallest absolute Gasteiger partial charge is 0.321 e. The Labute approximate surface area is 141 Å². The zero-order chi connectivity index (χ0) is 17.5. The van der Waals surface area contributed by atoms with Gasteiger partial charge in [-0.05, 0) is 26.0 Å². The third kappa shape index (κ3) is 4.70. The van der Waals surface area contributed by atoms with Crippen LogP contribution in [0.4, 0.5) is 4.79 Å². The fourth-order valence-corrected chi connectivity index (χ4v) is 2.65. The van der Waals surface area contributed by atoms with Crippen molar-refractivity contribution in [1.29, 1.82) is 0 Å². The Morgan fingerprint density at radius 1 is 1.17 bits per heavy atom. The van der Waals surface area contributed by atoms with Crippen molar-refractivity contribution in [3.63, 3.8) is 0 Å². The molecule has 0 spiro atoms. The summed E-state index contributed by atoms with van der Waals surface area (Å²) in [7, 11) is 1.91. The molecule has 2 atom stereocenters. The molecule has 0 bridgehead atoms. The van der Waals surface area contributed by atoms with Gasteiger partial charge in [0.25, 0.3) is 5.91 Å². The molecule has 6 heteroatoms. The number of aryl methyl sites for hydroxylation is 1. The number of likely N-dealkylation sites (N-methyl/N-ethyl adjacent to an activating group) is 1. The fourth-order valence-electron chi connectivity index (χ4n) is 2.65. The van der Waals surface area contributed by atoms with Crippen LogP contribution in [0.15, 0.2) is 46.9 Å². The first-order chi connectivity index (χ1) is 11.5. The van der Waals surface area contributed by atoms with E-state index in [2.05, 4.69) is 10.6 Å². The van der Waals surface area contributed by atoms with Gasteiger partial charge in [0.1, 0.15) is 12.3 Å². The second kappa shape index (κ2) is 8.31. The van der Waals surface area contributed by atoms with E-state index in [-0.39, 0.29) is 5.91 Å². The van der Waals surface area contributed by atoms with Crippen molar-refractivity contribution in [2.45, 2.75) is 26.4 Å². The molecule has 3 N–H and O–H groups in total. The van der Waals surface area contributed by atoms with Gasteiger partial charge in [-0.2, -0.15) is 0 Å². The molecular formula is C18H24N3O3+. The molecule has 0 aliphatic heterocycles. The van der Waals surface area contributed by atoms with Gasteiger partial charge in [0.15, 0.2) is 11.8 Å². The van der Waals surface area contributed by atoms with Gasteiger partial charge >= 0.3 is 6.03 Å². The molecule has 0 aliphatic rings. The van der Waals surface area contributed by atoms with E-state index in [1.165, 1.54) is 0 Å². The Morgan fingerprint density at radius 3 is 2.46 bits per heavy atom. The number of amides is 3. The van der Waals surface area contributed by atoms with Crippen molar-refractivity contribution in [2.24, 2.45) is 0 Å². The number of carbonyl (C=O) groups excluding carboxylic acids is 2. The summed E-state index contributed by atoms with van der Waals surface area (Å²) < 4.78 is 5.61. The molecule has 1 heterocycles. The minimum Gasteiger partial charge on any atom is -0.460 e. The Bertz CT molecular complexity index is 682. The van der Waals surface area contributed by atoms with Crippen LogP contribution >= 0.6 is 0 Å². The first-order valence-electron chi connectivity index (χ1n) is 8.02. The lowest BCUT2D eigenvalue weighted by Gasteiger charge is -2.23. The minimum absolute atomic E-state index is 0.340. The van der Waals surface area contributed by atoms with Gasteiger partial charge in [0, 0.05) is 12.1 Å². The first kappa shape index (κ1) is 17.7. The zero-order valence-corrected chi connectivity index (χ0v) is 14.3. The maximum atomic E-state index is 12.6. The summed E-state index contributed by atoms with van der Waals surface area (Å²) in [6.07, 6.45) is 0. The SMILES string of the molecule is CCNC(=O)NC(=O)[C@@H](c1ccccc1)[NH+](C)Cc1ccc(C)o1. The van der Waals surface area contributed by atoms with Gasteiger partial charge in [-0.15, -0.1) is 0 Å². The average molecular weight is 330 g/mol. The van der Waals surface area contributed by atoms with Crippen LogP contribution in [0.25, 0.3) is 0 Å². The second-order valence-corrected chi connectivity index (χ2v) is 5.73. The maximum absolute atomic E-state index is 12.6. The Balaban J connectivity index is 2.19. The lowest BCUT2D eigenvalue weighted by molar-refractivity contribution is -0.917. The van der Waals surface area contributed by atoms with E-state index >= 15 is 0 Å². The molecule has 6 nitrogen and oxygen atoms in total. The van der Waals surface area contributed by atoms with E-state index in [4.69, 9.17) is 4.42 Å². The molecule has 0 saturated carbocycles. The van der Waals surface area contributed by atoms with E-state index < -0.39 is 12.1 Å². The van der Waals surface area contributed by atoms with Gasteiger partial charge in [-0.1, -0.05) is 30.3 Å². The quantitative estimate of drug-likeness (QED) is 0.745. The molecule has 0 aliphatic carbocycles.